The Morgan fingerprint density at radius 3 is 2.75 bits per heavy atom. The van der Waals surface area contributed by atoms with E-state index in [0.29, 0.717) is 30.3 Å². The molecule has 2 amide bonds. The van der Waals surface area contributed by atoms with Crippen molar-refractivity contribution in [2.75, 3.05) is 43.2 Å². The maximum atomic E-state index is 12.6. The number of benzene rings is 2. The van der Waals surface area contributed by atoms with Gasteiger partial charge in [0.1, 0.15) is 0 Å². The molecule has 2 aromatic carbocycles. The van der Waals surface area contributed by atoms with E-state index in [-0.39, 0.29) is 12.8 Å². The molecule has 0 radical (unpaired) electrons. The summed E-state index contributed by atoms with van der Waals surface area (Å²) in [5, 5.41) is 2.93. The molecular weight excluding hydrogens is 358 g/mol. The maximum absolute atomic E-state index is 12.6. The summed E-state index contributed by atoms with van der Waals surface area (Å²) in [4.78, 5) is 24.6. The monoisotopic (exact) mass is 379 g/mol. The number of anilines is 2. The zero-order valence-electron chi connectivity index (χ0n) is 15.6. The molecule has 2 N–H and O–H groups in total. The van der Waals surface area contributed by atoms with E-state index in [1.807, 2.05) is 17.0 Å². The number of urea groups is 1. The van der Waals surface area contributed by atoms with Crippen molar-refractivity contribution in [1.82, 2.24) is 14.9 Å². The van der Waals surface area contributed by atoms with Crippen molar-refractivity contribution in [3.05, 3.63) is 42.0 Å². The van der Waals surface area contributed by atoms with Crippen LogP contribution in [0.15, 0.2) is 36.4 Å². The number of aromatic nitrogens is 2. The summed E-state index contributed by atoms with van der Waals surface area (Å²) >= 11 is 0. The minimum Gasteiger partial charge on any atom is -0.454 e. The molecule has 5 rings (SSSR count). The first kappa shape index (κ1) is 16.7. The van der Waals surface area contributed by atoms with Gasteiger partial charge in [-0.1, -0.05) is 6.07 Å². The zero-order valence-corrected chi connectivity index (χ0v) is 15.6. The topological polar surface area (TPSA) is 82.7 Å². The standard InChI is InChI=1S/C20H21N5O3/c1-13-2-4-15-16(10-13)23-19(22-15)24-6-8-25(9-7-24)20(26)21-14-3-5-17-18(11-14)28-12-27-17/h2-5,10-11H,6-9,12H2,1H3,(H,21,26)(H,22,23). The largest absolute Gasteiger partial charge is 0.454 e. The number of rotatable bonds is 2. The van der Waals surface area contributed by atoms with Crippen LogP contribution in [0.1, 0.15) is 5.56 Å². The van der Waals surface area contributed by atoms with Crippen LogP contribution in [0.5, 0.6) is 11.5 Å². The van der Waals surface area contributed by atoms with E-state index in [1.165, 1.54) is 5.56 Å². The van der Waals surface area contributed by atoms with Crippen molar-refractivity contribution in [3.8, 4) is 11.5 Å². The average molecular weight is 379 g/mol. The smallest absolute Gasteiger partial charge is 0.321 e. The van der Waals surface area contributed by atoms with Gasteiger partial charge in [-0.25, -0.2) is 9.78 Å². The third-order valence-corrected chi connectivity index (χ3v) is 5.12. The van der Waals surface area contributed by atoms with E-state index in [1.54, 1.807) is 12.1 Å². The van der Waals surface area contributed by atoms with Gasteiger partial charge in [-0.15, -0.1) is 0 Å². The van der Waals surface area contributed by atoms with Gasteiger partial charge in [0.15, 0.2) is 11.5 Å². The number of imidazole rings is 1. The molecule has 2 aliphatic rings. The second-order valence-corrected chi connectivity index (χ2v) is 7.05. The van der Waals surface area contributed by atoms with Crippen molar-refractivity contribution in [2.24, 2.45) is 0 Å². The molecule has 8 nitrogen and oxygen atoms in total. The Morgan fingerprint density at radius 2 is 1.89 bits per heavy atom. The Kier molecular flexibility index (Phi) is 3.96. The molecule has 0 aliphatic carbocycles. The summed E-state index contributed by atoms with van der Waals surface area (Å²) in [6.07, 6.45) is 0. The van der Waals surface area contributed by atoms with Crippen LogP contribution in [0.3, 0.4) is 0 Å². The molecule has 0 atom stereocenters. The Balaban J connectivity index is 1.22. The van der Waals surface area contributed by atoms with Crippen LogP contribution in [0.25, 0.3) is 11.0 Å². The van der Waals surface area contributed by atoms with Crippen molar-refractivity contribution in [3.63, 3.8) is 0 Å². The molecule has 0 unspecified atom stereocenters. The number of hydrogen-bond donors (Lipinski definition) is 2. The molecule has 1 saturated heterocycles. The van der Waals surface area contributed by atoms with Gasteiger partial charge in [0, 0.05) is 37.9 Å². The molecule has 28 heavy (non-hydrogen) atoms. The van der Waals surface area contributed by atoms with E-state index >= 15 is 0 Å². The highest BCUT2D eigenvalue weighted by Crippen LogP contribution is 2.34. The Morgan fingerprint density at radius 1 is 1.07 bits per heavy atom. The molecule has 0 spiro atoms. The van der Waals surface area contributed by atoms with Crippen molar-refractivity contribution >= 4 is 28.7 Å². The second kappa shape index (κ2) is 6.63. The fraction of sp³-hybridized carbons (Fsp3) is 0.300. The van der Waals surface area contributed by atoms with Crippen LogP contribution in [0.4, 0.5) is 16.4 Å². The SMILES string of the molecule is Cc1ccc2nc(N3CCN(C(=O)Nc4ccc5c(c4)OCO5)CC3)[nH]c2c1. The minimum atomic E-state index is -0.112. The molecule has 0 saturated carbocycles. The number of aryl methyl sites for hydroxylation is 1. The fourth-order valence-electron chi connectivity index (χ4n) is 3.56. The molecule has 3 aromatic rings. The number of carbonyl (C=O) groups is 1. The number of hydrogen-bond acceptors (Lipinski definition) is 5. The summed E-state index contributed by atoms with van der Waals surface area (Å²) in [6.45, 7) is 5.01. The number of ether oxygens (including phenoxy) is 2. The van der Waals surface area contributed by atoms with Gasteiger partial charge in [0.2, 0.25) is 12.7 Å². The molecule has 144 valence electrons. The molecular formula is C20H21N5O3. The summed E-state index contributed by atoms with van der Waals surface area (Å²) in [7, 11) is 0. The third kappa shape index (κ3) is 3.06. The Labute approximate surface area is 162 Å². The fourth-order valence-corrected chi connectivity index (χ4v) is 3.56. The lowest BCUT2D eigenvalue weighted by molar-refractivity contribution is 0.174. The molecule has 8 heteroatoms. The van der Waals surface area contributed by atoms with Crippen molar-refractivity contribution < 1.29 is 14.3 Å². The number of nitrogens with one attached hydrogen (secondary N) is 2. The Hall–Kier alpha value is -3.42. The van der Waals surface area contributed by atoms with Crippen LogP contribution in [0.2, 0.25) is 0 Å². The number of aromatic amines is 1. The predicted octanol–water partition coefficient (Wildman–Crippen LogP) is 2.95. The highest BCUT2D eigenvalue weighted by atomic mass is 16.7. The average Bonchev–Trinajstić information content (AvgIpc) is 3.34. The number of carbonyl (C=O) groups excluding carboxylic acids is 1. The minimum absolute atomic E-state index is 0.112. The molecule has 3 heterocycles. The van der Waals surface area contributed by atoms with E-state index in [0.717, 1.165) is 30.1 Å². The van der Waals surface area contributed by atoms with E-state index in [2.05, 4.69) is 39.2 Å². The van der Waals surface area contributed by atoms with Gasteiger partial charge >= 0.3 is 6.03 Å². The van der Waals surface area contributed by atoms with Gasteiger partial charge in [-0.3, -0.25) is 0 Å². The summed E-state index contributed by atoms with van der Waals surface area (Å²) in [5.74, 6) is 2.21. The van der Waals surface area contributed by atoms with Crippen LogP contribution in [0, 0.1) is 6.92 Å². The first-order valence-corrected chi connectivity index (χ1v) is 9.33. The number of fused-ring (bicyclic) bond motifs is 2. The van der Waals surface area contributed by atoms with Crippen molar-refractivity contribution in [2.45, 2.75) is 6.92 Å². The summed E-state index contributed by atoms with van der Waals surface area (Å²) in [6, 6.07) is 11.5. The first-order valence-electron chi connectivity index (χ1n) is 9.33. The summed E-state index contributed by atoms with van der Waals surface area (Å²) < 4.78 is 10.7. The highest BCUT2D eigenvalue weighted by molar-refractivity contribution is 5.90. The molecule has 1 fully saturated rings. The van der Waals surface area contributed by atoms with Crippen LogP contribution >= 0.6 is 0 Å². The zero-order chi connectivity index (χ0) is 19.1. The highest BCUT2D eigenvalue weighted by Gasteiger charge is 2.23. The molecule has 1 aromatic heterocycles. The Bertz CT molecular complexity index is 1040. The lowest BCUT2D eigenvalue weighted by atomic mass is 10.2. The van der Waals surface area contributed by atoms with Gasteiger partial charge in [0.05, 0.1) is 11.0 Å². The normalized spacial score (nSPS) is 15.9. The van der Waals surface area contributed by atoms with Gasteiger partial charge < -0.3 is 29.6 Å². The van der Waals surface area contributed by atoms with E-state index in [9.17, 15) is 4.79 Å². The number of amides is 2. The van der Waals surface area contributed by atoms with E-state index in [4.69, 9.17) is 9.47 Å². The number of H-pyrrole nitrogens is 1. The van der Waals surface area contributed by atoms with Crippen LogP contribution in [-0.2, 0) is 0 Å². The van der Waals surface area contributed by atoms with Gasteiger partial charge in [-0.05, 0) is 36.8 Å². The lowest BCUT2D eigenvalue weighted by Crippen LogP contribution is -2.50. The second-order valence-electron chi connectivity index (χ2n) is 7.05. The van der Waals surface area contributed by atoms with Crippen LogP contribution < -0.4 is 19.7 Å². The molecule has 0 bridgehead atoms. The van der Waals surface area contributed by atoms with Crippen LogP contribution in [-0.4, -0.2) is 53.9 Å². The predicted molar refractivity (Wildman–Crippen MR) is 106 cm³/mol. The maximum Gasteiger partial charge on any atom is 0.321 e. The molecule has 2 aliphatic heterocycles. The first-order chi connectivity index (χ1) is 13.7. The summed E-state index contributed by atoms with van der Waals surface area (Å²) in [5.41, 5.74) is 3.90. The van der Waals surface area contributed by atoms with Crippen molar-refractivity contribution in [1.29, 1.82) is 0 Å². The van der Waals surface area contributed by atoms with E-state index < -0.39 is 0 Å². The third-order valence-electron chi connectivity index (χ3n) is 5.12. The van der Waals surface area contributed by atoms with Gasteiger partial charge in [0.25, 0.3) is 0 Å². The number of nitrogens with zero attached hydrogens (tertiary/aromatic N) is 3. The van der Waals surface area contributed by atoms with Gasteiger partial charge in [-0.2, -0.15) is 0 Å². The quantitative estimate of drug-likeness (QED) is 0.715. The number of piperazine rings is 1. The lowest BCUT2D eigenvalue weighted by Gasteiger charge is -2.34.